The quantitative estimate of drug-likeness (QED) is 0.841. The summed E-state index contributed by atoms with van der Waals surface area (Å²) < 4.78 is 5.22. The van der Waals surface area contributed by atoms with Crippen LogP contribution < -0.4 is 10.5 Å². The van der Waals surface area contributed by atoms with Gasteiger partial charge in [0.05, 0.1) is 12.5 Å². The molecular formula is C13H19NO3. The molecule has 0 aliphatic rings. The van der Waals surface area contributed by atoms with Gasteiger partial charge in [-0.1, -0.05) is 17.7 Å². The lowest BCUT2D eigenvalue weighted by molar-refractivity contribution is -0.148. The van der Waals surface area contributed by atoms with E-state index in [1.54, 1.807) is 21.0 Å². The van der Waals surface area contributed by atoms with Crippen LogP contribution in [0.25, 0.3) is 0 Å². The van der Waals surface area contributed by atoms with Crippen LogP contribution in [-0.4, -0.2) is 18.2 Å². The first kappa shape index (κ1) is 13.5. The van der Waals surface area contributed by atoms with E-state index in [4.69, 9.17) is 10.5 Å². The number of rotatable bonds is 4. The molecule has 1 atom stereocenters. The Morgan fingerprint density at radius 2 is 2.06 bits per heavy atom. The molecule has 1 aromatic carbocycles. The maximum absolute atomic E-state index is 11.2. The summed E-state index contributed by atoms with van der Waals surface area (Å²) in [6.07, 6.45) is 0. The van der Waals surface area contributed by atoms with E-state index in [-0.39, 0.29) is 0 Å². The Labute approximate surface area is 101 Å². The number of benzene rings is 1. The number of ether oxygens (including phenoxy) is 1. The number of carboxylic acids is 1. The number of nitrogens with two attached hydrogens (primary N) is 1. The molecule has 1 aromatic rings. The molecule has 1 unspecified atom stereocenters. The Balaban J connectivity index is 3.23. The van der Waals surface area contributed by atoms with Crippen LogP contribution >= 0.6 is 0 Å². The van der Waals surface area contributed by atoms with Crippen molar-refractivity contribution < 1.29 is 14.6 Å². The van der Waals surface area contributed by atoms with Crippen LogP contribution in [0.4, 0.5) is 0 Å². The van der Waals surface area contributed by atoms with Gasteiger partial charge in [0.1, 0.15) is 5.75 Å². The predicted molar refractivity (Wildman–Crippen MR) is 66.1 cm³/mol. The SMILES string of the molecule is COc1ccc(C)cc1C(N)C(C)(C)C(=O)O. The van der Waals surface area contributed by atoms with Gasteiger partial charge in [-0.3, -0.25) is 4.79 Å². The summed E-state index contributed by atoms with van der Waals surface area (Å²) in [4.78, 5) is 11.2. The lowest BCUT2D eigenvalue weighted by atomic mass is 9.80. The molecule has 0 amide bonds. The van der Waals surface area contributed by atoms with Crippen LogP contribution in [0.1, 0.15) is 31.0 Å². The number of carboxylic acid groups (broad SMARTS) is 1. The van der Waals surface area contributed by atoms with Crippen LogP contribution in [0.3, 0.4) is 0 Å². The average molecular weight is 237 g/mol. The highest BCUT2D eigenvalue weighted by atomic mass is 16.5. The molecule has 94 valence electrons. The van der Waals surface area contributed by atoms with Gasteiger partial charge in [-0.05, 0) is 26.8 Å². The van der Waals surface area contributed by atoms with Gasteiger partial charge in [-0.25, -0.2) is 0 Å². The molecule has 0 aromatic heterocycles. The molecule has 4 nitrogen and oxygen atoms in total. The molecule has 3 N–H and O–H groups in total. The van der Waals surface area contributed by atoms with Gasteiger partial charge < -0.3 is 15.6 Å². The van der Waals surface area contributed by atoms with Gasteiger partial charge >= 0.3 is 5.97 Å². The molecule has 0 aliphatic heterocycles. The molecule has 0 saturated heterocycles. The smallest absolute Gasteiger partial charge is 0.311 e. The molecule has 0 radical (unpaired) electrons. The Morgan fingerprint density at radius 1 is 1.47 bits per heavy atom. The van der Waals surface area contributed by atoms with Crippen LogP contribution in [-0.2, 0) is 4.79 Å². The van der Waals surface area contributed by atoms with E-state index >= 15 is 0 Å². The van der Waals surface area contributed by atoms with Gasteiger partial charge in [0.25, 0.3) is 0 Å². The molecule has 0 saturated carbocycles. The van der Waals surface area contributed by atoms with E-state index in [1.807, 2.05) is 25.1 Å². The van der Waals surface area contributed by atoms with Crippen molar-refractivity contribution in [2.45, 2.75) is 26.8 Å². The molecule has 1 rings (SSSR count). The minimum Gasteiger partial charge on any atom is -0.496 e. The summed E-state index contributed by atoms with van der Waals surface area (Å²) in [6.45, 7) is 5.16. The van der Waals surface area contributed by atoms with E-state index in [2.05, 4.69) is 0 Å². The molecule has 0 aliphatic carbocycles. The maximum atomic E-state index is 11.2. The van der Waals surface area contributed by atoms with Crippen molar-refractivity contribution in [2.75, 3.05) is 7.11 Å². The van der Waals surface area contributed by atoms with E-state index in [1.165, 1.54) is 0 Å². The molecule has 0 heterocycles. The number of aliphatic carboxylic acids is 1. The van der Waals surface area contributed by atoms with Crippen molar-refractivity contribution in [2.24, 2.45) is 11.1 Å². The zero-order valence-electron chi connectivity index (χ0n) is 10.7. The Bertz CT molecular complexity index is 427. The molecule has 0 spiro atoms. The average Bonchev–Trinajstić information content (AvgIpc) is 2.27. The lowest BCUT2D eigenvalue weighted by Crippen LogP contribution is -2.36. The van der Waals surface area contributed by atoms with Gasteiger partial charge in [0.2, 0.25) is 0 Å². The van der Waals surface area contributed by atoms with Gasteiger partial charge in [0.15, 0.2) is 0 Å². The fourth-order valence-corrected chi connectivity index (χ4v) is 1.62. The first-order valence-electron chi connectivity index (χ1n) is 5.44. The third-order valence-corrected chi connectivity index (χ3v) is 3.05. The van der Waals surface area contributed by atoms with Crippen LogP contribution in [0.15, 0.2) is 18.2 Å². The van der Waals surface area contributed by atoms with Crippen molar-refractivity contribution in [1.82, 2.24) is 0 Å². The Kier molecular flexibility index (Phi) is 3.78. The monoisotopic (exact) mass is 237 g/mol. The number of hydrogen-bond donors (Lipinski definition) is 2. The largest absolute Gasteiger partial charge is 0.496 e. The molecule has 17 heavy (non-hydrogen) atoms. The third kappa shape index (κ3) is 2.58. The summed E-state index contributed by atoms with van der Waals surface area (Å²) >= 11 is 0. The topological polar surface area (TPSA) is 72.5 Å². The predicted octanol–water partition coefficient (Wildman–Crippen LogP) is 2.11. The normalized spacial score (nSPS) is 13.2. The second-order valence-corrected chi connectivity index (χ2v) is 4.75. The van der Waals surface area contributed by atoms with Crippen molar-refractivity contribution in [1.29, 1.82) is 0 Å². The highest BCUT2D eigenvalue weighted by molar-refractivity contribution is 5.75. The van der Waals surface area contributed by atoms with Crippen LogP contribution in [0.2, 0.25) is 0 Å². The molecule has 4 heteroatoms. The summed E-state index contributed by atoms with van der Waals surface area (Å²) in [6, 6.07) is 4.97. The zero-order valence-corrected chi connectivity index (χ0v) is 10.7. The molecule has 0 fully saturated rings. The van der Waals surface area contributed by atoms with Crippen LogP contribution in [0, 0.1) is 12.3 Å². The number of aryl methyl sites for hydroxylation is 1. The Morgan fingerprint density at radius 3 is 2.53 bits per heavy atom. The van der Waals surface area contributed by atoms with E-state index < -0.39 is 17.4 Å². The number of methoxy groups -OCH3 is 1. The first-order chi connectivity index (χ1) is 7.80. The first-order valence-corrected chi connectivity index (χ1v) is 5.44. The van der Waals surface area contributed by atoms with E-state index in [0.29, 0.717) is 5.75 Å². The minimum atomic E-state index is -1.04. The zero-order chi connectivity index (χ0) is 13.2. The number of carbonyl (C=O) groups is 1. The van der Waals surface area contributed by atoms with Gasteiger partial charge in [-0.15, -0.1) is 0 Å². The van der Waals surface area contributed by atoms with Crippen molar-refractivity contribution in [3.05, 3.63) is 29.3 Å². The highest BCUT2D eigenvalue weighted by Gasteiger charge is 2.36. The second-order valence-electron chi connectivity index (χ2n) is 4.75. The summed E-state index contributed by atoms with van der Waals surface area (Å²) in [5.41, 5.74) is 6.77. The number of hydrogen-bond acceptors (Lipinski definition) is 3. The minimum absolute atomic E-state index is 0.616. The summed E-state index contributed by atoms with van der Waals surface area (Å²) in [7, 11) is 1.55. The van der Waals surface area contributed by atoms with Crippen molar-refractivity contribution in [3.8, 4) is 5.75 Å². The standard InChI is InChI=1S/C13H19NO3/c1-8-5-6-10(17-4)9(7-8)11(14)13(2,3)12(15)16/h5-7,11H,14H2,1-4H3,(H,15,16). The third-order valence-electron chi connectivity index (χ3n) is 3.05. The van der Waals surface area contributed by atoms with E-state index in [0.717, 1.165) is 11.1 Å². The summed E-state index contributed by atoms with van der Waals surface area (Å²) in [5.74, 6) is -0.300. The maximum Gasteiger partial charge on any atom is 0.311 e. The second kappa shape index (κ2) is 4.75. The lowest BCUT2D eigenvalue weighted by Gasteiger charge is -2.28. The van der Waals surface area contributed by atoms with E-state index in [9.17, 15) is 9.90 Å². The van der Waals surface area contributed by atoms with Crippen molar-refractivity contribution >= 4 is 5.97 Å². The summed E-state index contributed by atoms with van der Waals surface area (Å²) in [5, 5.41) is 9.19. The Hall–Kier alpha value is -1.55. The molecule has 0 bridgehead atoms. The fraction of sp³-hybridized carbons (Fsp3) is 0.462. The van der Waals surface area contributed by atoms with Crippen molar-refractivity contribution in [3.63, 3.8) is 0 Å². The van der Waals surface area contributed by atoms with Crippen LogP contribution in [0.5, 0.6) is 5.75 Å². The fourth-order valence-electron chi connectivity index (χ4n) is 1.62. The van der Waals surface area contributed by atoms with Gasteiger partial charge in [0, 0.05) is 11.6 Å². The van der Waals surface area contributed by atoms with Gasteiger partial charge in [-0.2, -0.15) is 0 Å². The highest BCUT2D eigenvalue weighted by Crippen LogP contribution is 2.36. The molecular weight excluding hydrogens is 218 g/mol.